The summed E-state index contributed by atoms with van der Waals surface area (Å²) in [5.74, 6) is 0. The first-order valence-corrected chi connectivity index (χ1v) is 6.51. The normalized spacial score (nSPS) is 21.3. The zero-order valence-corrected chi connectivity index (χ0v) is 11.7. The lowest BCUT2D eigenvalue weighted by molar-refractivity contribution is -0.499. The first-order valence-electron chi connectivity index (χ1n) is 6.51. The number of anilines is 1. The molecular formula is C15H14N4O2. The Morgan fingerprint density at radius 2 is 1.90 bits per heavy atom. The van der Waals surface area contributed by atoms with Gasteiger partial charge in [-0.3, -0.25) is 0 Å². The predicted octanol–water partition coefficient (Wildman–Crippen LogP) is 2.98. The topological polar surface area (TPSA) is 62.0 Å². The van der Waals surface area contributed by atoms with E-state index < -0.39 is 0 Å². The third kappa shape index (κ3) is 2.36. The molecule has 0 saturated carbocycles. The molecular weight excluding hydrogens is 268 g/mol. The molecule has 106 valence electrons. The van der Waals surface area contributed by atoms with Crippen LogP contribution in [0, 0.1) is 17.0 Å². The van der Waals surface area contributed by atoms with E-state index in [1.807, 2.05) is 38.1 Å². The fraction of sp³-hybridized carbons (Fsp3) is 0.133. The number of hydrazone groups is 1. The predicted molar refractivity (Wildman–Crippen MR) is 80.9 cm³/mol. The van der Waals surface area contributed by atoms with E-state index in [2.05, 4.69) is 5.10 Å². The Balaban J connectivity index is 1.96. The molecule has 1 aromatic rings. The number of aryl methyl sites for hydroxylation is 1. The minimum atomic E-state index is 0.217. The fourth-order valence-electron chi connectivity index (χ4n) is 2.10. The smallest absolute Gasteiger partial charge is 0.270 e. The van der Waals surface area contributed by atoms with E-state index in [1.165, 1.54) is 17.5 Å². The third-order valence-corrected chi connectivity index (χ3v) is 3.27. The summed E-state index contributed by atoms with van der Waals surface area (Å²) in [5.41, 5.74) is 3.14. The molecule has 0 amide bonds. The molecule has 0 fully saturated rings. The van der Waals surface area contributed by atoms with Gasteiger partial charge in [-0.15, -0.1) is 0 Å². The molecule has 0 saturated heterocycles. The van der Waals surface area contributed by atoms with Gasteiger partial charge in [-0.2, -0.15) is 0 Å². The van der Waals surface area contributed by atoms with Crippen molar-refractivity contribution in [1.82, 2.24) is 5.06 Å². The molecule has 0 bridgehead atoms. The van der Waals surface area contributed by atoms with E-state index in [0.717, 1.165) is 11.1 Å². The number of hydrazine groups is 1. The van der Waals surface area contributed by atoms with Gasteiger partial charge < -0.3 is 10.3 Å². The maximum atomic E-state index is 12.4. The number of benzene rings is 1. The minimum absolute atomic E-state index is 0.217. The fourth-order valence-corrected chi connectivity index (χ4v) is 2.10. The second-order valence-corrected chi connectivity index (χ2v) is 4.94. The maximum absolute atomic E-state index is 12.4. The molecule has 0 unspecified atom stereocenters. The van der Waals surface area contributed by atoms with Crippen molar-refractivity contribution in [3.8, 4) is 0 Å². The molecule has 2 heterocycles. The van der Waals surface area contributed by atoms with Crippen molar-refractivity contribution in [1.29, 1.82) is 0 Å². The number of allylic oxidation sites excluding steroid dienone is 4. The molecule has 21 heavy (non-hydrogen) atoms. The van der Waals surface area contributed by atoms with Crippen molar-refractivity contribution in [2.75, 3.05) is 5.12 Å². The average molecular weight is 282 g/mol. The number of nitrogens with zero attached hydrogens (tertiary/aromatic N) is 4. The van der Waals surface area contributed by atoms with E-state index in [4.69, 9.17) is 0 Å². The number of hydrogen-bond acceptors (Lipinski definition) is 4. The molecule has 3 rings (SSSR count). The van der Waals surface area contributed by atoms with E-state index in [9.17, 15) is 10.1 Å². The summed E-state index contributed by atoms with van der Waals surface area (Å²) >= 11 is 0. The van der Waals surface area contributed by atoms with Gasteiger partial charge in [0.05, 0.1) is 10.6 Å². The van der Waals surface area contributed by atoms with E-state index in [0.29, 0.717) is 15.6 Å². The summed E-state index contributed by atoms with van der Waals surface area (Å²) in [4.78, 5) is 13.0. The number of hydrogen-bond donors (Lipinski definition) is 0. The standard InChI is InChI=1S/C15H14N4O2/c1-11-3-5-13(6-4-11)18-16-10-15(19(18)21)14-9-12(2)7-8-17(14)20/h3-10H,1-2H3. The Morgan fingerprint density at radius 3 is 2.62 bits per heavy atom. The van der Waals surface area contributed by atoms with Crippen LogP contribution < -0.4 is 5.12 Å². The van der Waals surface area contributed by atoms with Crippen molar-refractivity contribution in [2.45, 2.75) is 13.8 Å². The average Bonchev–Trinajstić information content (AvgIpc) is 2.84. The molecule has 0 spiro atoms. The van der Waals surface area contributed by atoms with E-state index >= 15 is 0 Å². The first kappa shape index (κ1) is 13.3. The van der Waals surface area contributed by atoms with Crippen LogP contribution in [0.15, 0.2) is 64.7 Å². The highest BCUT2D eigenvalue weighted by Gasteiger charge is 2.35. The van der Waals surface area contributed by atoms with Crippen LogP contribution in [0.1, 0.15) is 12.5 Å². The number of nitroso groups, excluding NO2 is 1. The summed E-state index contributed by atoms with van der Waals surface area (Å²) < 4.78 is 0. The van der Waals surface area contributed by atoms with Crippen LogP contribution in [-0.2, 0) is 0 Å². The van der Waals surface area contributed by atoms with Gasteiger partial charge in [0.1, 0.15) is 5.69 Å². The monoisotopic (exact) mass is 282 g/mol. The Bertz CT molecular complexity index is 714. The van der Waals surface area contributed by atoms with Crippen LogP contribution in [0.5, 0.6) is 0 Å². The largest absolute Gasteiger partial charge is 0.754 e. The quantitative estimate of drug-likeness (QED) is 0.743. The molecule has 1 aromatic carbocycles. The van der Waals surface area contributed by atoms with Gasteiger partial charge >= 0.3 is 0 Å². The highest BCUT2D eigenvalue weighted by atomic mass is 16.5. The van der Waals surface area contributed by atoms with Gasteiger partial charge in [0.25, 0.3) is 5.70 Å². The van der Waals surface area contributed by atoms with E-state index in [-0.39, 0.29) is 11.4 Å². The minimum Gasteiger partial charge on any atom is -0.754 e. The van der Waals surface area contributed by atoms with Crippen LogP contribution in [0.4, 0.5) is 5.69 Å². The molecule has 0 radical (unpaired) electrons. The highest BCUT2D eigenvalue weighted by Crippen LogP contribution is 2.26. The van der Waals surface area contributed by atoms with Crippen molar-refractivity contribution in [3.63, 3.8) is 0 Å². The van der Waals surface area contributed by atoms with Crippen molar-refractivity contribution in [2.24, 2.45) is 5.10 Å². The zero-order chi connectivity index (χ0) is 15.0. The Labute approximate surface area is 122 Å². The van der Waals surface area contributed by atoms with Crippen LogP contribution in [0.25, 0.3) is 0 Å². The summed E-state index contributed by atoms with van der Waals surface area (Å²) in [7, 11) is 0. The van der Waals surface area contributed by atoms with Crippen LogP contribution in [-0.4, -0.2) is 16.1 Å². The number of hydroxylamine groups is 2. The van der Waals surface area contributed by atoms with Gasteiger partial charge in [0, 0.05) is 10.2 Å². The molecule has 0 aliphatic carbocycles. The third-order valence-electron chi connectivity index (χ3n) is 3.27. The molecule has 2 aliphatic rings. The van der Waals surface area contributed by atoms with Crippen LogP contribution in [0.2, 0.25) is 0 Å². The van der Waals surface area contributed by atoms with Gasteiger partial charge in [-0.05, 0) is 54.8 Å². The summed E-state index contributed by atoms with van der Waals surface area (Å²) in [6.07, 6.45) is 6.14. The van der Waals surface area contributed by atoms with Crippen LogP contribution in [0.3, 0.4) is 0 Å². The molecule has 6 heteroatoms. The summed E-state index contributed by atoms with van der Waals surface area (Å²) in [6.45, 7) is 3.83. The van der Waals surface area contributed by atoms with Crippen LogP contribution >= 0.6 is 0 Å². The zero-order valence-electron chi connectivity index (χ0n) is 11.7. The Hall–Kier alpha value is -2.73. The van der Waals surface area contributed by atoms with Gasteiger partial charge in [-0.1, -0.05) is 17.7 Å². The molecule has 0 atom stereocenters. The second-order valence-electron chi connectivity index (χ2n) is 4.94. The SMILES string of the molecule is CC1=CC(=C2C=NN(c3ccc(C)cc3)[N+]2=O)N([O-])C=C1. The number of rotatable bonds is 1. The lowest BCUT2D eigenvalue weighted by Gasteiger charge is -2.29. The van der Waals surface area contributed by atoms with Crippen molar-refractivity contribution in [3.05, 3.63) is 75.3 Å². The molecule has 6 nitrogen and oxygen atoms in total. The van der Waals surface area contributed by atoms with Gasteiger partial charge in [0.15, 0.2) is 0 Å². The van der Waals surface area contributed by atoms with Crippen molar-refractivity contribution >= 4 is 11.9 Å². The lowest BCUT2D eigenvalue weighted by atomic mass is 10.1. The van der Waals surface area contributed by atoms with Crippen molar-refractivity contribution < 1.29 is 4.87 Å². The second kappa shape index (κ2) is 4.99. The molecule has 0 N–H and O–H groups in total. The molecule has 0 aromatic heterocycles. The highest BCUT2D eigenvalue weighted by molar-refractivity contribution is 5.80. The Kier molecular flexibility index (Phi) is 3.15. The lowest BCUT2D eigenvalue weighted by Crippen LogP contribution is -2.25. The van der Waals surface area contributed by atoms with E-state index in [1.54, 1.807) is 12.2 Å². The van der Waals surface area contributed by atoms with Gasteiger partial charge in [0.2, 0.25) is 6.21 Å². The summed E-state index contributed by atoms with van der Waals surface area (Å²) in [5, 5.41) is 17.8. The maximum Gasteiger partial charge on any atom is 0.270 e. The van der Waals surface area contributed by atoms with Gasteiger partial charge in [-0.25, -0.2) is 0 Å². The molecule has 2 aliphatic heterocycles. The summed E-state index contributed by atoms with van der Waals surface area (Å²) in [6, 6.07) is 7.41. The first-order chi connectivity index (χ1) is 10.1. The Morgan fingerprint density at radius 1 is 1.19 bits per heavy atom.